The van der Waals surface area contributed by atoms with Gasteiger partial charge in [0.15, 0.2) is 0 Å². The molecule has 1 N–H and O–H groups in total. The molecule has 1 saturated heterocycles. The summed E-state index contributed by atoms with van der Waals surface area (Å²) in [6, 6.07) is 0.755. The lowest BCUT2D eigenvalue weighted by Crippen LogP contribution is -2.42. The van der Waals surface area contributed by atoms with Crippen LogP contribution < -0.4 is 4.74 Å². The summed E-state index contributed by atoms with van der Waals surface area (Å²) in [5.41, 5.74) is 1.37. The molecule has 5 rings (SSSR count). The second kappa shape index (κ2) is 8.25. The second-order valence-corrected chi connectivity index (χ2v) is 9.77. The van der Waals surface area contributed by atoms with Crippen molar-refractivity contribution in [2.75, 3.05) is 19.7 Å². The van der Waals surface area contributed by atoms with Gasteiger partial charge >= 0.3 is 0 Å². The fourth-order valence-corrected chi connectivity index (χ4v) is 6.78. The van der Waals surface area contributed by atoms with Crippen LogP contribution in [-0.2, 0) is 6.42 Å². The third-order valence-electron chi connectivity index (χ3n) is 7.00. The Labute approximate surface area is 171 Å². The van der Waals surface area contributed by atoms with Crippen molar-refractivity contribution in [1.29, 1.82) is 0 Å². The number of aliphatic hydroxyl groups is 1. The maximum absolute atomic E-state index is 9.46. The van der Waals surface area contributed by atoms with E-state index in [0.717, 1.165) is 54.2 Å². The number of aromatic nitrogens is 2. The molecular weight excluding hydrogens is 370 g/mol. The Morgan fingerprint density at radius 3 is 2.68 bits per heavy atom. The van der Waals surface area contributed by atoms with E-state index in [1.54, 1.807) is 17.7 Å². The Hall–Kier alpha value is -1.24. The van der Waals surface area contributed by atoms with Crippen LogP contribution in [0.15, 0.2) is 6.33 Å². The Morgan fingerprint density at radius 1 is 1.07 bits per heavy atom. The van der Waals surface area contributed by atoms with Gasteiger partial charge in [-0.15, -0.1) is 11.3 Å². The normalized spacial score (nSPS) is 28.5. The van der Waals surface area contributed by atoms with Crippen LogP contribution in [0.25, 0.3) is 10.2 Å². The molecule has 0 radical (unpaired) electrons. The van der Waals surface area contributed by atoms with Gasteiger partial charge in [0.2, 0.25) is 5.88 Å². The van der Waals surface area contributed by atoms with Crippen LogP contribution >= 0.6 is 11.3 Å². The van der Waals surface area contributed by atoms with Gasteiger partial charge in [-0.2, -0.15) is 0 Å². The SMILES string of the molecule is OCC[C@H]1CCc2sc3ncnc(O[C@H]4CC[C@H](N5CCCCC5)CC4)c3c21. The average molecular weight is 402 g/mol. The lowest BCUT2D eigenvalue weighted by Gasteiger charge is -2.38. The number of thiophene rings is 1. The van der Waals surface area contributed by atoms with Gasteiger partial charge in [0.25, 0.3) is 0 Å². The van der Waals surface area contributed by atoms with Crippen LogP contribution in [0, 0.1) is 0 Å². The zero-order chi connectivity index (χ0) is 18.9. The summed E-state index contributed by atoms with van der Waals surface area (Å²) < 4.78 is 6.49. The molecule has 152 valence electrons. The molecule has 2 fully saturated rings. The van der Waals surface area contributed by atoms with Gasteiger partial charge in [-0.1, -0.05) is 6.42 Å². The van der Waals surface area contributed by atoms with Crippen LogP contribution in [0.5, 0.6) is 5.88 Å². The number of aryl methyl sites for hydroxylation is 1. The number of ether oxygens (including phenoxy) is 1. The number of aliphatic hydroxyl groups excluding tert-OH is 1. The van der Waals surface area contributed by atoms with E-state index in [-0.39, 0.29) is 12.7 Å². The molecule has 1 aliphatic heterocycles. The van der Waals surface area contributed by atoms with Crippen molar-refractivity contribution < 1.29 is 9.84 Å². The van der Waals surface area contributed by atoms with Crippen LogP contribution in [0.2, 0.25) is 0 Å². The van der Waals surface area contributed by atoms with Crippen LogP contribution in [0.3, 0.4) is 0 Å². The molecule has 3 heterocycles. The van der Waals surface area contributed by atoms with Crippen molar-refractivity contribution in [1.82, 2.24) is 14.9 Å². The van der Waals surface area contributed by atoms with Crippen LogP contribution in [-0.4, -0.2) is 51.8 Å². The Kier molecular flexibility index (Phi) is 5.53. The first-order valence-corrected chi connectivity index (χ1v) is 11.9. The van der Waals surface area contributed by atoms with Gasteiger partial charge in [-0.3, -0.25) is 0 Å². The molecule has 2 aromatic rings. The highest BCUT2D eigenvalue weighted by Gasteiger charge is 2.32. The van der Waals surface area contributed by atoms with Gasteiger partial charge in [0, 0.05) is 17.5 Å². The maximum atomic E-state index is 9.46. The summed E-state index contributed by atoms with van der Waals surface area (Å²) in [6.07, 6.45) is 13.9. The van der Waals surface area contributed by atoms with E-state index in [1.165, 1.54) is 55.6 Å². The molecular formula is C22H31N3O2S. The smallest absolute Gasteiger partial charge is 0.225 e. The standard InChI is InChI=1S/C22H31N3O2S/c26-13-10-15-4-9-18-19(15)20-21(23-14-24-22(20)28-18)27-17-7-5-16(6-8-17)25-11-2-1-3-12-25/h14-17,26H,1-13H2/t15-,16-,17-/m1/s1. The number of piperidine rings is 1. The minimum atomic E-state index is 0.242. The molecule has 5 nitrogen and oxygen atoms in total. The molecule has 0 spiro atoms. The highest BCUT2D eigenvalue weighted by Crippen LogP contribution is 2.47. The summed E-state index contributed by atoms with van der Waals surface area (Å²) >= 11 is 1.79. The largest absolute Gasteiger partial charge is 0.474 e. The predicted molar refractivity (Wildman–Crippen MR) is 112 cm³/mol. The van der Waals surface area contributed by atoms with E-state index in [4.69, 9.17) is 4.74 Å². The lowest BCUT2D eigenvalue weighted by atomic mass is 9.90. The first-order chi connectivity index (χ1) is 13.8. The number of hydrogen-bond donors (Lipinski definition) is 1. The quantitative estimate of drug-likeness (QED) is 0.810. The number of rotatable bonds is 5. The van der Waals surface area contributed by atoms with E-state index >= 15 is 0 Å². The number of fused-ring (bicyclic) bond motifs is 3. The number of likely N-dealkylation sites (tertiary alicyclic amines) is 1. The molecule has 0 bridgehead atoms. The molecule has 0 aromatic carbocycles. The Balaban J connectivity index is 1.31. The van der Waals surface area contributed by atoms with Crippen LogP contribution in [0.4, 0.5) is 0 Å². The van der Waals surface area contributed by atoms with Crippen molar-refractivity contribution in [3.8, 4) is 5.88 Å². The molecule has 1 saturated carbocycles. The van der Waals surface area contributed by atoms with Crippen molar-refractivity contribution in [3.63, 3.8) is 0 Å². The van der Waals surface area contributed by atoms with Crippen molar-refractivity contribution >= 4 is 21.6 Å². The van der Waals surface area contributed by atoms with E-state index in [9.17, 15) is 5.11 Å². The van der Waals surface area contributed by atoms with Crippen molar-refractivity contribution in [2.45, 2.75) is 82.3 Å². The fraction of sp³-hybridized carbons (Fsp3) is 0.727. The second-order valence-electron chi connectivity index (χ2n) is 8.69. The van der Waals surface area contributed by atoms with Gasteiger partial charge in [0.1, 0.15) is 17.3 Å². The maximum Gasteiger partial charge on any atom is 0.225 e. The highest BCUT2D eigenvalue weighted by atomic mass is 32.1. The third kappa shape index (κ3) is 3.55. The fourth-order valence-electron chi connectivity index (χ4n) is 5.54. The van der Waals surface area contributed by atoms with Gasteiger partial charge in [0.05, 0.1) is 5.39 Å². The topological polar surface area (TPSA) is 58.5 Å². The summed E-state index contributed by atoms with van der Waals surface area (Å²) in [5.74, 6) is 1.21. The summed E-state index contributed by atoms with van der Waals surface area (Å²) in [6.45, 7) is 2.82. The molecule has 28 heavy (non-hydrogen) atoms. The first kappa shape index (κ1) is 18.8. The molecule has 0 amide bonds. The van der Waals surface area contributed by atoms with E-state index in [0.29, 0.717) is 5.92 Å². The van der Waals surface area contributed by atoms with Crippen molar-refractivity contribution in [3.05, 3.63) is 16.8 Å². The van der Waals surface area contributed by atoms with Gasteiger partial charge in [-0.25, -0.2) is 9.97 Å². The molecule has 3 aliphatic rings. The van der Waals surface area contributed by atoms with E-state index < -0.39 is 0 Å². The molecule has 2 aliphatic carbocycles. The summed E-state index contributed by atoms with van der Waals surface area (Å²) in [5, 5.41) is 10.6. The molecule has 1 atom stereocenters. The van der Waals surface area contributed by atoms with Gasteiger partial charge < -0.3 is 14.7 Å². The van der Waals surface area contributed by atoms with Crippen LogP contribution in [0.1, 0.15) is 74.1 Å². The third-order valence-corrected chi connectivity index (χ3v) is 8.18. The monoisotopic (exact) mass is 401 g/mol. The number of nitrogens with zero attached hydrogens (tertiary/aromatic N) is 3. The van der Waals surface area contributed by atoms with E-state index in [1.807, 2.05) is 0 Å². The molecule has 6 heteroatoms. The minimum Gasteiger partial charge on any atom is -0.474 e. The Morgan fingerprint density at radius 2 is 1.89 bits per heavy atom. The highest BCUT2D eigenvalue weighted by molar-refractivity contribution is 7.19. The zero-order valence-electron chi connectivity index (χ0n) is 16.6. The zero-order valence-corrected chi connectivity index (χ0v) is 17.4. The first-order valence-electron chi connectivity index (χ1n) is 11.1. The molecule has 2 aromatic heterocycles. The van der Waals surface area contributed by atoms with Gasteiger partial charge in [-0.05, 0) is 82.4 Å². The lowest BCUT2D eigenvalue weighted by molar-refractivity contribution is 0.0756. The minimum absolute atomic E-state index is 0.242. The van der Waals surface area contributed by atoms with Crippen molar-refractivity contribution in [2.24, 2.45) is 0 Å². The molecule has 0 unspecified atom stereocenters. The average Bonchev–Trinajstić information content (AvgIpc) is 3.30. The number of hydrogen-bond acceptors (Lipinski definition) is 6. The Bertz CT molecular complexity index is 809. The summed E-state index contributed by atoms with van der Waals surface area (Å²) in [7, 11) is 0. The summed E-state index contributed by atoms with van der Waals surface area (Å²) in [4.78, 5) is 14.3. The van der Waals surface area contributed by atoms with E-state index in [2.05, 4.69) is 14.9 Å². The predicted octanol–water partition coefficient (Wildman–Crippen LogP) is 4.28.